The van der Waals surface area contributed by atoms with Gasteiger partial charge >= 0.3 is 5.97 Å². The van der Waals surface area contributed by atoms with Crippen molar-refractivity contribution in [3.63, 3.8) is 0 Å². The van der Waals surface area contributed by atoms with Gasteiger partial charge in [-0.05, 0) is 71.2 Å². The van der Waals surface area contributed by atoms with Crippen LogP contribution in [0.15, 0.2) is 18.2 Å². The number of rotatable bonds is 7. The lowest BCUT2D eigenvalue weighted by Crippen LogP contribution is -2.33. The highest BCUT2D eigenvalue weighted by molar-refractivity contribution is 5.98. The van der Waals surface area contributed by atoms with Crippen molar-refractivity contribution in [1.29, 1.82) is 0 Å². The van der Waals surface area contributed by atoms with Gasteiger partial charge in [0.2, 0.25) is 0 Å². The van der Waals surface area contributed by atoms with E-state index in [1.807, 2.05) is 19.9 Å². The van der Waals surface area contributed by atoms with Crippen molar-refractivity contribution in [2.24, 2.45) is 0 Å². The fraction of sp³-hybridized carbons (Fsp3) is 0.625. The normalized spacial score (nSPS) is 18.2. The van der Waals surface area contributed by atoms with E-state index in [9.17, 15) is 4.79 Å². The first-order chi connectivity index (χ1) is 14.6. The number of anilines is 1. The summed E-state index contributed by atoms with van der Waals surface area (Å²) < 4.78 is 11.7. The number of benzene rings is 1. The van der Waals surface area contributed by atoms with Crippen molar-refractivity contribution < 1.29 is 14.3 Å². The molecule has 2 aliphatic rings. The molecule has 1 N–H and O–H groups in total. The van der Waals surface area contributed by atoms with Gasteiger partial charge in [0.25, 0.3) is 0 Å². The molecule has 1 aromatic carbocycles. The fourth-order valence-corrected chi connectivity index (χ4v) is 4.51. The first-order valence-corrected chi connectivity index (χ1v) is 11.6. The Hall–Kier alpha value is -2.21. The first-order valence-electron chi connectivity index (χ1n) is 11.6. The van der Waals surface area contributed by atoms with Gasteiger partial charge in [-0.3, -0.25) is 4.90 Å². The van der Waals surface area contributed by atoms with Crippen molar-refractivity contribution >= 4 is 22.6 Å². The van der Waals surface area contributed by atoms with Gasteiger partial charge in [-0.2, -0.15) is 0 Å². The zero-order valence-electron chi connectivity index (χ0n) is 18.4. The van der Waals surface area contributed by atoms with E-state index in [0.717, 1.165) is 55.1 Å². The van der Waals surface area contributed by atoms with Crippen LogP contribution in [-0.4, -0.2) is 61.3 Å². The number of piperidine rings is 2. The lowest BCUT2D eigenvalue weighted by atomic mass is 10.1. The van der Waals surface area contributed by atoms with E-state index in [-0.39, 0.29) is 12.1 Å². The van der Waals surface area contributed by atoms with Gasteiger partial charge in [0, 0.05) is 36.8 Å². The SMILES string of the molecule is CC(C)Oc1cc(N2CCCCC2)cc2[nH]c(C(=O)OCCN3CCCCC3)cc12. The topological polar surface area (TPSA) is 57.8 Å². The maximum Gasteiger partial charge on any atom is 0.354 e. The zero-order chi connectivity index (χ0) is 20.9. The second-order valence-corrected chi connectivity index (χ2v) is 8.84. The van der Waals surface area contributed by atoms with E-state index in [1.54, 1.807) is 0 Å². The monoisotopic (exact) mass is 413 g/mol. The van der Waals surface area contributed by atoms with Crippen LogP contribution in [0.4, 0.5) is 5.69 Å². The molecule has 0 bridgehead atoms. The Kier molecular flexibility index (Phi) is 6.82. The van der Waals surface area contributed by atoms with Crippen LogP contribution in [0.3, 0.4) is 0 Å². The van der Waals surface area contributed by atoms with Gasteiger partial charge in [-0.15, -0.1) is 0 Å². The van der Waals surface area contributed by atoms with Gasteiger partial charge in [-0.25, -0.2) is 4.79 Å². The van der Waals surface area contributed by atoms with E-state index in [0.29, 0.717) is 12.3 Å². The number of fused-ring (bicyclic) bond motifs is 1. The zero-order valence-corrected chi connectivity index (χ0v) is 18.4. The Morgan fingerprint density at radius 2 is 1.70 bits per heavy atom. The van der Waals surface area contributed by atoms with Crippen molar-refractivity contribution in [2.75, 3.05) is 44.2 Å². The highest BCUT2D eigenvalue weighted by atomic mass is 16.5. The number of hydrogen-bond acceptors (Lipinski definition) is 5. The molecule has 2 fully saturated rings. The molecule has 0 spiro atoms. The van der Waals surface area contributed by atoms with E-state index in [1.165, 1.54) is 38.5 Å². The number of nitrogens with zero attached hydrogens (tertiary/aromatic N) is 2. The molecule has 0 amide bonds. The number of carbonyl (C=O) groups is 1. The third-order valence-electron chi connectivity index (χ3n) is 6.08. The van der Waals surface area contributed by atoms with Crippen LogP contribution in [0, 0.1) is 0 Å². The summed E-state index contributed by atoms with van der Waals surface area (Å²) in [5.74, 6) is 0.532. The van der Waals surface area contributed by atoms with Crippen LogP contribution in [0.1, 0.15) is 62.9 Å². The smallest absolute Gasteiger partial charge is 0.354 e. The summed E-state index contributed by atoms with van der Waals surface area (Å²) in [6.45, 7) is 9.66. The molecule has 6 nitrogen and oxygen atoms in total. The predicted octanol–water partition coefficient (Wildman–Crippen LogP) is 4.59. The second kappa shape index (κ2) is 9.73. The third-order valence-corrected chi connectivity index (χ3v) is 6.08. The third kappa shape index (κ3) is 5.09. The summed E-state index contributed by atoms with van der Waals surface area (Å²) in [7, 11) is 0. The minimum atomic E-state index is -0.293. The summed E-state index contributed by atoms with van der Waals surface area (Å²) in [5, 5.41) is 0.937. The van der Waals surface area contributed by atoms with Crippen LogP contribution in [0.25, 0.3) is 10.9 Å². The Bertz CT molecular complexity index is 849. The number of aromatic nitrogens is 1. The lowest BCUT2D eigenvalue weighted by Gasteiger charge is -2.29. The number of hydrogen-bond donors (Lipinski definition) is 1. The summed E-state index contributed by atoms with van der Waals surface area (Å²) in [5.41, 5.74) is 2.58. The predicted molar refractivity (Wildman–Crippen MR) is 121 cm³/mol. The summed E-state index contributed by atoms with van der Waals surface area (Å²) >= 11 is 0. The van der Waals surface area contributed by atoms with Gasteiger partial charge in [-0.1, -0.05) is 6.42 Å². The molecule has 4 rings (SSSR count). The molecule has 0 aliphatic carbocycles. The maximum atomic E-state index is 12.7. The molecular formula is C24H35N3O3. The summed E-state index contributed by atoms with van der Waals surface area (Å²) in [6.07, 6.45) is 7.60. The lowest BCUT2D eigenvalue weighted by molar-refractivity contribution is 0.0446. The first kappa shape index (κ1) is 21.0. The Morgan fingerprint density at radius 1 is 1.00 bits per heavy atom. The maximum absolute atomic E-state index is 12.7. The van der Waals surface area contributed by atoms with E-state index < -0.39 is 0 Å². The molecule has 0 atom stereocenters. The standard InChI is InChI=1S/C24H35N3O3/c1-18(2)30-23-16-19(27-11-7-4-8-12-27)15-21-20(23)17-22(25-21)24(28)29-14-13-26-9-5-3-6-10-26/h15-18,25H,3-14H2,1-2H3. The number of ether oxygens (including phenoxy) is 2. The summed E-state index contributed by atoms with van der Waals surface area (Å²) in [4.78, 5) is 20.7. The molecule has 2 aliphatic heterocycles. The molecule has 0 saturated carbocycles. The van der Waals surface area contributed by atoms with Gasteiger partial charge < -0.3 is 19.4 Å². The second-order valence-electron chi connectivity index (χ2n) is 8.84. The number of H-pyrrole nitrogens is 1. The minimum Gasteiger partial charge on any atom is -0.490 e. The molecule has 0 radical (unpaired) electrons. The van der Waals surface area contributed by atoms with Crippen LogP contribution in [-0.2, 0) is 4.74 Å². The molecule has 2 aromatic rings. The van der Waals surface area contributed by atoms with E-state index in [2.05, 4.69) is 26.9 Å². The van der Waals surface area contributed by atoms with Gasteiger partial charge in [0.05, 0.1) is 11.6 Å². The van der Waals surface area contributed by atoms with E-state index in [4.69, 9.17) is 9.47 Å². The number of esters is 1. The van der Waals surface area contributed by atoms with E-state index >= 15 is 0 Å². The van der Waals surface area contributed by atoms with Crippen LogP contribution in [0.2, 0.25) is 0 Å². The molecule has 164 valence electrons. The highest BCUT2D eigenvalue weighted by Gasteiger charge is 2.19. The molecular weight excluding hydrogens is 378 g/mol. The Morgan fingerprint density at radius 3 is 2.40 bits per heavy atom. The van der Waals surface area contributed by atoms with Gasteiger partial charge in [0.15, 0.2) is 0 Å². The molecule has 30 heavy (non-hydrogen) atoms. The number of aromatic amines is 1. The van der Waals surface area contributed by atoms with Crippen molar-refractivity contribution in [2.45, 2.75) is 58.5 Å². The molecule has 0 unspecified atom stereocenters. The van der Waals surface area contributed by atoms with Crippen molar-refractivity contribution in [1.82, 2.24) is 9.88 Å². The number of nitrogens with one attached hydrogen (secondary N) is 1. The van der Waals surface area contributed by atoms with Crippen LogP contribution < -0.4 is 9.64 Å². The molecule has 6 heteroatoms. The number of likely N-dealkylation sites (tertiary alicyclic amines) is 1. The minimum absolute atomic E-state index is 0.0691. The van der Waals surface area contributed by atoms with Crippen LogP contribution >= 0.6 is 0 Å². The van der Waals surface area contributed by atoms with Crippen molar-refractivity contribution in [3.05, 3.63) is 23.9 Å². The Balaban J connectivity index is 1.50. The van der Waals surface area contributed by atoms with Gasteiger partial charge in [0.1, 0.15) is 18.1 Å². The largest absolute Gasteiger partial charge is 0.490 e. The summed E-state index contributed by atoms with van der Waals surface area (Å²) in [6, 6.07) is 6.13. The average molecular weight is 414 g/mol. The number of carbonyl (C=O) groups excluding carboxylic acids is 1. The Labute approximate surface area is 179 Å². The quantitative estimate of drug-likeness (QED) is 0.673. The van der Waals surface area contributed by atoms with Crippen LogP contribution in [0.5, 0.6) is 5.75 Å². The molecule has 2 saturated heterocycles. The van der Waals surface area contributed by atoms with Crippen molar-refractivity contribution in [3.8, 4) is 5.75 Å². The molecule has 3 heterocycles. The average Bonchev–Trinajstić information content (AvgIpc) is 3.19. The molecule has 1 aromatic heterocycles. The highest BCUT2D eigenvalue weighted by Crippen LogP contribution is 2.34. The fourth-order valence-electron chi connectivity index (χ4n) is 4.51.